The van der Waals surface area contributed by atoms with Crippen molar-refractivity contribution in [2.24, 2.45) is 0 Å². The molecular formula is C17H16N2O2. The number of carbonyl (C=O) groups is 2. The van der Waals surface area contributed by atoms with Crippen LogP contribution in [0.15, 0.2) is 48.5 Å². The molecule has 0 atom stereocenters. The van der Waals surface area contributed by atoms with Gasteiger partial charge in [-0.25, -0.2) is 0 Å². The van der Waals surface area contributed by atoms with Gasteiger partial charge in [-0.3, -0.25) is 9.59 Å². The van der Waals surface area contributed by atoms with E-state index < -0.39 is 5.41 Å². The van der Waals surface area contributed by atoms with E-state index >= 15 is 0 Å². The monoisotopic (exact) mass is 280 g/mol. The van der Waals surface area contributed by atoms with Gasteiger partial charge in [-0.05, 0) is 43.7 Å². The Morgan fingerprint density at radius 1 is 1.10 bits per heavy atom. The van der Waals surface area contributed by atoms with E-state index in [-0.39, 0.29) is 11.8 Å². The predicted molar refractivity (Wildman–Crippen MR) is 82.5 cm³/mol. The molecule has 106 valence electrons. The number of benzene rings is 2. The third-order valence-corrected chi connectivity index (χ3v) is 3.80. The summed E-state index contributed by atoms with van der Waals surface area (Å²) in [6.45, 7) is 3.75. The number of hydrogen-bond acceptors (Lipinski definition) is 2. The molecule has 0 bridgehead atoms. The lowest BCUT2D eigenvalue weighted by Gasteiger charge is -2.15. The van der Waals surface area contributed by atoms with E-state index in [4.69, 9.17) is 0 Å². The van der Waals surface area contributed by atoms with Crippen LogP contribution < -0.4 is 10.6 Å². The lowest BCUT2D eigenvalue weighted by molar-refractivity contribution is -0.119. The third kappa shape index (κ3) is 2.29. The van der Waals surface area contributed by atoms with E-state index in [9.17, 15) is 9.59 Å². The van der Waals surface area contributed by atoms with Gasteiger partial charge in [0.25, 0.3) is 5.91 Å². The molecule has 1 heterocycles. The molecule has 2 amide bonds. The molecule has 1 aliphatic heterocycles. The van der Waals surface area contributed by atoms with Crippen molar-refractivity contribution in [2.45, 2.75) is 19.3 Å². The van der Waals surface area contributed by atoms with E-state index in [1.165, 1.54) is 0 Å². The molecule has 2 N–H and O–H groups in total. The predicted octanol–water partition coefficient (Wildman–Crippen LogP) is 3.17. The first-order valence-electron chi connectivity index (χ1n) is 6.81. The summed E-state index contributed by atoms with van der Waals surface area (Å²) in [6, 6.07) is 14.6. The summed E-state index contributed by atoms with van der Waals surface area (Å²) in [7, 11) is 0. The Hall–Kier alpha value is -2.62. The highest BCUT2D eigenvalue weighted by Gasteiger charge is 2.38. The van der Waals surface area contributed by atoms with Crippen molar-refractivity contribution in [3.8, 4) is 0 Å². The largest absolute Gasteiger partial charge is 0.325 e. The summed E-state index contributed by atoms with van der Waals surface area (Å²) in [5.41, 5.74) is 2.35. The number of nitrogens with one attached hydrogen (secondary N) is 2. The molecular weight excluding hydrogens is 264 g/mol. The smallest absolute Gasteiger partial charge is 0.255 e. The maximum absolute atomic E-state index is 12.2. The van der Waals surface area contributed by atoms with Gasteiger partial charge in [-0.15, -0.1) is 0 Å². The first-order valence-corrected chi connectivity index (χ1v) is 6.81. The van der Waals surface area contributed by atoms with Crippen molar-refractivity contribution >= 4 is 23.2 Å². The van der Waals surface area contributed by atoms with Crippen molar-refractivity contribution in [2.75, 3.05) is 10.6 Å². The van der Waals surface area contributed by atoms with Crippen molar-refractivity contribution in [3.05, 3.63) is 59.7 Å². The fraction of sp³-hybridized carbons (Fsp3) is 0.176. The summed E-state index contributed by atoms with van der Waals surface area (Å²) in [5.74, 6) is -0.235. The molecule has 0 aromatic heterocycles. The fourth-order valence-electron chi connectivity index (χ4n) is 2.46. The minimum absolute atomic E-state index is 0.0434. The van der Waals surface area contributed by atoms with Gasteiger partial charge < -0.3 is 10.6 Å². The number of rotatable bonds is 2. The first-order chi connectivity index (χ1) is 9.98. The van der Waals surface area contributed by atoms with Crippen molar-refractivity contribution in [1.82, 2.24) is 0 Å². The minimum Gasteiger partial charge on any atom is -0.325 e. The van der Waals surface area contributed by atoms with Gasteiger partial charge in [0.15, 0.2) is 0 Å². The Labute approximate surface area is 123 Å². The molecule has 4 nitrogen and oxygen atoms in total. The number of hydrogen-bond donors (Lipinski definition) is 2. The Kier molecular flexibility index (Phi) is 3.01. The van der Waals surface area contributed by atoms with Gasteiger partial charge in [-0.2, -0.15) is 0 Å². The zero-order chi connectivity index (χ0) is 15.0. The van der Waals surface area contributed by atoms with Gasteiger partial charge in [0, 0.05) is 16.9 Å². The highest BCUT2D eigenvalue weighted by atomic mass is 16.2. The molecule has 2 aromatic rings. The first kappa shape index (κ1) is 13.4. The van der Waals surface area contributed by atoms with E-state index in [1.807, 2.05) is 50.2 Å². The Balaban J connectivity index is 1.87. The molecule has 0 saturated carbocycles. The molecule has 0 radical (unpaired) electrons. The van der Waals surface area contributed by atoms with E-state index in [1.54, 1.807) is 12.1 Å². The molecule has 0 saturated heterocycles. The second-order valence-corrected chi connectivity index (χ2v) is 5.66. The van der Waals surface area contributed by atoms with Gasteiger partial charge in [0.1, 0.15) is 0 Å². The summed E-state index contributed by atoms with van der Waals surface area (Å²) in [4.78, 5) is 24.1. The number of fused-ring (bicyclic) bond motifs is 1. The van der Waals surface area contributed by atoms with Gasteiger partial charge >= 0.3 is 0 Å². The van der Waals surface area contributed by atoms with Crippen LogP contribution in [-0.4, -0.2) is 11.8 Å². The Bertz CT molecular complexity index is 721. The highest BCUT2D eigenvalue weighted by Crippen LogP contribution is 2.37. The van der Waals surface area contributed by atoms with Gasteiger partial charge in [-0.1, -0.05) is 24.3 Å². The van der Waals surface area contributed by atoms with Crippen LogP contribution in [0.3, 0.4) is 0 Å². The van der Waals surface area contributed by atoms with Crippen LogP contribution in [0.4, 0.5) is 11.4 Å². The zero-order valence-electron chi connectivity index (χ0n) is 11.9. The van der Waals surface area contributed by atoms with Crippen molar-refractivity contribution < 1.29 is 9.59 Å². The number of para-hydroxylation sites is 1. The van der Waals surface area contributed by atoms with E-state index in [2.05, 4.69) is 10.6 Å². The summed E-state index contributed by atoms with van der Waals surface area (Å²) < 4.78 is 0. The van der Waals surface area contributed by atoms with Crippen LogP contribution >= 0.6 is 0 Å². The topological polar surface area (TPSA) is 58.2 Å². The molecule has 0 spiro atoms. The average Bonchev–Trinajstić information content (AvgIpc) is 2.69. The number of carbonyl (C=O) groups excluding carboxylic acids is 2. The fourth-order valence-corrected chi connectivity index (χ4v) is 2.46. The molecule has 3 rings (SSSR count). The molecule has 2 aromatic carbocycles. The third-order valence-electron chi connectivity index (χ3n) is 3.80. The number of amides is 2. The standard InChI is InChI=1S/C17H16N2O2/c1-17(2)13-9-8-11(10-14(13)19-16(17)21)15(20)18-12-6-4-3-5-7-12/h3-10H,1-2H3,(H,18,20)(H,19,21). The SMILES string of the molecule is CC1(C)C(=O)Nc2cc(C(=O)Nc3ccccc3)ccc21. The van der Waals surface area contributed by atoms with E-state index in [0.717, 1.165) is 11.3 Å². The van der Waals surface area contributed by atoms with Crippen LogP contribution in [-0.2, 0) is 10.2 Å². The lowest BCUT2D eigenvalue weighted by Crippen LogP contribution is -2.26. The van der Waals surface area contributed by atoms with Gasteiger partial charge in [0.2, 0.25) is 5.91 Å². The minimum atomic E-state index is -0.552. The van der Waals surface area contributed by atoms with Crippen molar-refractivity contribution in [1.29, 1.82) is 0 Å². The highest BCUT2D eigenvalue weighted by molar-refractivity contribution is 6.09. The van der Waals surface area contributed by atoms with Crippen molar-refractivity contribution in [3.63, 3.8) is 0 Å². The maximum Gasteiger partial charge on any atom is 0.255 e. The quantitative estimate of drug-likeness (QED) is 0.887. The molecule has 21 heavy (non-hydrogen) atoms. The second-order valence-electron chi connectivity index (χ2n) is 5.66. The van der Waals surface area contributed by atoms with Crippen LogP contribution in [0.25, 0.3) is 0 Å². The zero-order valence-corrected chi connectivity index (χ0v) is 11.9. The van der Waals surface area contributed by atoms with Crippen LogP contribution in [0.5, 0.6) is 0 Å². The van der Waals surface area contributed by atoms with Crippen LogP contribution in [0.2, 0.25) is 0 Å². The summed E-state index contributed by atoms with van der Waals surface area (Å²) in [6.07, 6.45) is 0. The Morgan fingerprint density at radius 3 is 2.52 bits per heavy atom. The molecule has 0 fully saturated rings. The number of anilines is 2. The lowest BCUT2D eigenvalue weighted by atomic mass is 9.86. The average molecular weight is 280 g/mol. The van der Waals surface area contributed by atoms with Crippen LogP contribution in [0, 0.1) is 0 Å². The summed E-state index contributed by atoms with van der Waals surface area (Å²) in [5, 5.41) is 5.66. The molecule has 1 aliphatic rings. The summed E-state index contributed by atoms with van der Waals surface area (Å²) >= 11 is 0. The maximum atomic E-state index is 12.2. The molecule has 0 aliphatic carbocycles. The normalized spacial score (nSPS) is 15.2. The van der Waals surface area contributed by atoms with Gasteiger partial charge in [0.05, 0.1) is 5.41 Å². The van der Waals surface area contributed by atoms with Crippen LogP contribution in [0.1, 0.15) is 29.8 Å². The van der Waals surface area contributed by atoms with E-state index in [0.29, 0.717) is 11.3 Å². The second kappa shape index (κ2) is 4.74. The Morgan fingerprint density at radius 2 is 1.81 bits per heavy atom. The molecule has 4 heteroatoms. The molecule has 0 unspecified atom stereocenters.